The van der Waals surface area contributed by atoms with Gasteiger partial charge in [0.2, 0.25) is 0 Å². The molecule has 0 unspecified atom stereocenters. The van der Waals surface area contributed by atoms with Gasteiger partial charge in [-0.15, -0.1) is 0 Å². The number of carbonyl (C=O) groups excluding carboxylic acids is 1. The van der Waals surface area contributed by atoms with Gasteiger partial charge in [-0.25, -0.2) is 14.5 Å². The number of phosphoric ester groups is 1. The van der Waals surface area contributed by atoms with Gasteiger partial charge in [0.15, 0.2) is 36.4 Å². The molecule has 3 rings (SSSR count). The Morgan fingerprint density at radius 2 is 1.52 bits per heavy atom. The number of aldehydes is 1. The highest BCUT2D eigenvalue weighted by Gasteiger charge is 2.61. The van der Waals surface area contributed by atoms with Gasteiger partial charge >= 0.3 is 7.82 Å². The summed E-state index contributed by atoms with van der Waals surface area (Å²) < 4.78 is 39.3. The molecule has 0 spiro atoms. The van der Waals surface area contributed by atoms with Crippen molar-refractivity contribution in [2.75, 3.05) is 13.7 Å². The van der Waals surface area contributed by atoms with Crippen molar-refractivity contribution in [3.05, 3.63) is 0 Å². The summed E-state index contributed by atoms with van der Waals surface area (Å²) in [4.78, 5) is 38.6. The van der Waals surface area contributed by atoms with Gasteiger partial charge in [0, 0.05) is 0 Å². The monoisotopic (exact) mass is 661 g/mol. The van der Waals surface area contributed by atoms with Gasteiger partial charge < -0.3 is 87.6 Å². The highest BCUT2D eigenvalue weighted by atomic mass is 31.2. The Labute approximate surface area is 249 Å². The highest BCUT2D eigenvalue weighted by molar-refractivity contribution is 7.46. The van der Waals surface area contributed by atoms with Crippen molar-refractivity contribution in [2.45, 2.75) is 98.2 Å². The maximum Gasteiger partial charge on any atom is 0.470 e. The second-order valence-electron chi connectivity index (χ2n) is 10.5. The number of hydrogen-bond donors (Lipinski definition) is 13. The standard InChI is InChI=1S/C21H40N7O15P/c1-5-21(35,4-30)16(42-17-9(26-2)15(43-44(36,37)38)10(31)6(3-29)40-17)18(39-5)41-14-8(28-20(24)25)11(32)7(27-19(22)23)12(33)13(14)34/h4-18,26,29,31-35H,3H2,1-2H3,(H4,22,23,27)(H4,24,25,28)(H2,36,37,38)/t5-,6-,7+,8-,9-,10-,11+,12-,13+,14+,15-,16-,17-,18-,21+/m0/s1. The molecule has 15 atom stereocenters. The Bertz CT molecular complexity index is 1110. The molecule has 0 bridgehead atoms. The highest BCUT2D eigenvalue weighted by Crippen LogP contribution is 2.43. The molecule has 254 valence electrons. The smallest absolute Gasteiger partial charge is 0.394 e. The molecule has 2 saturated heterocycles. The molecule has 22 nitrogen and oxygen atoms in total. The van der Waals surface area contributed by atoms with Crippen LogP contribution in [0.4, 0.5) is 0 Å². The van der Waals surface area contributed by atoms with Crippen LogP contribution in [0.5, 0.6) is 0 Å². The van der Waals surface area contributed by atoms with Crippen LogP contribution in [0.25, 0.3) is 0 Å². The van der Waals surface area contributed by atoms with Gasteiger partial charge in [-0.1, -0.05) is 0 Å². The predicted octanol–water partition coefficient (Wildman–Crippen LogP) is -8.04. The van der Waals surface area contributed by atoms with Crippen molar-refractivity contribution in [2.24, 2.45) is 32.9 Å². The van der Waals surface area contributed by atoms with Crippen molar-refractivity contribution >= 4 is 26.0 Å². The van der Waals surface area contributed by atoms with Crippen LogP contribution in [0.2, 0.25) is 0 Å². The van der Waals surface area contributed by atoms with Crippen molar-refractivity contribution in [1.29, 1.82) is 0 Å². The van der Waals surface area contributed by atoms with E-state index in [0.717, 1.165) is 0 Å². The third-order valence-corrected chi connectivity index (χ3v) is 8.09. The molecule has 2 aliphatic heterocycles. The zero-order chi connectivity index (χ0) is 33.3. The van der Waals surface area contributed by atoms with Crippen molar-refractivity contribution in [3.63, 3.8) is 0 Å². The number of carbonyl (C=O) groups is 1. The molecule has 0 aromatic rings. The van der Waals surface area contributed by atoms with E-state index in [2.05, 4.69) is 15.3 Å². The number of hydrogen-bond acceptors (Lipinski definition) is 16. The second-order valence-corrected chi connectivity index (χ2v) is 11.7. The minimum atomic E-state index is -5.23. The summed E-state index contributed by atoms with van der Waals surface area (Å²) in [7, 11) is -3.95. The summed E-state index contributed by atoms with van der Waals surface area (Å²) in [6, 6.07) is -4.50. The van der Waals surface area contributed by atoms with Gasteiger partial charge in [0.25, 0.3) is 0 Å². The molecular formula is C21H40N7O15P. The first kappa shape index (κ1) is 36.3. The lowest BCUT2D eigenvalue weighted by molar-refractivity contribution is -0.312. The lowest BCUT2D eigenvalue weighted by Gasteiger charge is -2.46. The Morgan fingerprint density at radius 3 is 2.02 bits per heavy atom. The summed E-state index contributed by atoms with van der Waals surface area (Å²) in [6.45, 7) is 0.379. The molecule has 2 heterocycles. The maximum absolute atomic E-state index is 12.2. The number of ether oxygens (including phenoxy) is 4. The SMILES string of the molecule is CN[C@@H]1[C@H](O[C@H]2[C@H](O[C@H]3[C@H](O)[C@@H](O)[C@H](N=C(N)N)[C@@H](O)[C@@H]3N=C(N)N)O[C@@H](C)[C@]2(O)C=O)O[C@@H](CO)[C@H](O)[C@H]1OP(=O)(O)O. The first-order valence-corrected chi connectivity index (χ1v) is 14.7. The molecule has 23 heteroatoms. The first-order chi connectivity index (χ1) is 20.4. The van der Waals surface area contributed by atoms with Gasteiger partial charge in [-0.05, 0) is 14.0 Å². The minimum absolute atomic E-state index is 0.0637. The van der Waals surface area contributed by atoms with Crippen LogP contribution >= 0.6 is 7.82 Å². The van der Waals surface area contributed by atoms with Crippen LogP contribution in [0.1, 0.15) is 6.92 Å². The average Bonchev–Trinajstić information content (AvgIpc) is 3.16. The van der Waals surface area contributed by atoms with E-state index in [0.29, 0.717) is 0 Å². The van der Waals surface area contributed by atoms with E-state index < -0.39 is 118 Å². The van der Waals surface area contributed by atoms with Gasteiger partial charge in [-0.2, -0.15) is 0 Å². The molecule has 17 N–H and O–H groups in total. The minimum Gasteiger partial charge on any atom is -0.394 e. The van der Waals surface area contributed by atoms with Crippen LogP contribution in [-0.4, -0.2) is 164 Å². The fraction of sp³-hybridized carbons (Fsp3) is 0.857. The Morgan fingerprint density at radius 1 is 0.932 bits per heavy atom. The molecular weight excluding hydrogens is 621 g/mol. The molecule has 44 heavy (non-hydrogen) atoms. The fourth-order valence-electron chi connectivity index (χ4n) is 5.35. The van der Waals surface area contributed by atoms with E-state index in [1.165, 1.54) is 14.0 Å². The third-order valence-electron chi connectivity index (χ3n) is 7.57. The van der Waals surface area contributed by atoms with E-state index in [4.69, 9.17) is 46.4 Å². The number of rotatable bonds is 11. The van der Waals surface area contributed by atoms with E-state index in [9.17, 15) is 49.8 Å². The third kappa shape index (κ3) is 7.46. The summed E-state index contributed by atoms with van der Waals surface area (Å²) in [6.07, 6.45) is -19.1. The van der Waals surface area contributed by atoms with Crippen molar-refractivity contribution in [3.8, 4) is 0 Å². The number of aliphatic hydroxyl groups is 6. The largest absolute Gasteiger partial charge is 0.470 e. The lowest BCUT2D eigenvalue weighted by Crippen LogP contribution is -2.67. The number of aliphatic hydroxyl groups excluding tert-OH is 5. The van der Waals surface area contributed by atoms with Crippen molar-refractivity contribution < 1.29 is 73.3 Å². The molecule has 0 aromatic heterocycles. The summed E-state index contributed by atoms with van der Waals surface area (Å²) in [5, 5.41) is 66.8. The Hall–Kier alpha value is -2.12. The van der Waals surface area contributed by atoms with Crippen molar-refractivity contribution in [1.82, 2.24) is 5.32 Å². The van der Waals surface area contributed by atoms with Crippen LogP contribution in [0.3, 0.4) is 0 Å². The first-order valence-electron chi connectivity index (χ1n) is 13.1. The summed E-state index contributed by atoms with van der Waals surface area (Å²) >= 11 is 0. The van der Waals surface area contributed by atoms with Crippen LogP contribution in [-0.2, 0) is 32.8 Å². The second kappa shape index (κ2) is 14.1. The van der Waals surface area contributed by atoms with Gasteiger partial charge in [0.1, 0.15) is 60.9 Å². The number of nitrogens with zero attached hydrogens (tertiary/aromatic N) is 2. The normalized spacial score (nSPS) is 44.6. The topological polar surface area (TPSA) is 383 Å². The Kier molecular flexibility index (Phi) is 11.7. The molecule has 3 aliphatic rings. The maximum atomic E-state index is 12.2. The summed E-state index contributed by atoms with van der Waals surface area (Å²) in [5.41, 5.74) is 19.2. The lowest BCUT2D eigenvalue weighted by atomic mass is 9.81. The van der Waals surface area contributed by atoms with E-state index >= 15 is 0 Å². The van der Waals surface area contributed by atoms with Gasteiger partial charge in [-0.3, -0.25) is 9.32 Å². The predicted molar refractivity (Wildman–Crippen MR) is 144 cm³/mol. The quantitative estimate of drug-likeness (QED) is 0.0423. The number of likely N-dealkylation sites (N-methyl/N-ethyl adjacent to an activating group) is 1. The van der Waals surface area contributed by atoms with Crippen LogP contribution in [0.15, 0.2) is 9.98 Å². The number of nitrogens with two attached hydrogens (primary N) is 4. The molecule has 1 aliphatic carbocycles. The number of aliphatic imine (C=N–C) groups is 2. The van der Waals surface area contributed by atoms with Crippen LogP contribution in [0, 0.1) is 0 Å². The zero-order valence-corrected chi connectivity index (χ0v) is 24.3. The molecule has 0 aromatic carbocycles. The van der Waals surface area contributed by atoms with E-state index in [1.807, 2.05) is 0 Å². The number of phosphoric acid groups is 1. The molecule has 3 fully saturated rings. The van der Waals surface area contributed by atoms with E-state index in [1.54, 1.807) is 0 Å². The van der Waals surface area contributed by atoms with Crippen LogP contribution < -0.4 is 28.3 Å². The molecule has 0 amide bonds. The zero-order valence-electron chi connectivity index (χ0n) is 23.5. The average molecular weight is 662 g/mol. The molecule has 0 radical (unpaired) electrons. The molecule has 1 saturated carbocycles. The number of nitrogens with one attached hydrogen (secondary N) is 1. The summed E-state index contributed by atoms with van der Waals surface area (Å²) in [5.74, 6) is -1.12. The van der Waals surface area contributed by atoms with E-state index in [-0.39, 0.29) is 6.29 Å². The Balaban J connectivity index is 2.00. The van der Waals surface area contributed by atoms with Gasteiger partial charge in [0.05, 0.1) is 18.8 Å². The number of guanidine groups is 2. The fourth-order valence-corrected chi connectivity index (χ4v) is 5.92.